The minimum atomic E-state index is -0.152. The van der Waals surface area contributed by atoms with Crippen LogP contribution in [0.15, 0.2) is 48.5 Å². The quantitative estimate of drug-likeness (QED) is 0.782. The predicted molar refractivity (Wildman–Crippen MR) is 103 cm³/mol. The summed E-state index contributed by atoms with van der Waals surface area (Å²) in [4.78, 5) is 16.8. The first-order valence-electron chi connectivity index (χ1n) is 9.47. The Labute approximate surface area is 158 Å². The molecule has 3 aliphatic carbocycles. The SMILES string of the molecule is Cc1nc(C(=O)NCC2CC3c4ccccc4C2c2ccccc23)n(C)n1. The maximum absolute atomic E-state index is 12.6. The Bertz CT molecular complexity index is 991. The van der Waals surface area contributed by atoms with Gasteiger partial charge in [-0.3, -0.25) is 4.79 Å². The molecule has 3 aliphatic rings. The molecule has 1 atom stereocenters. The van der Waals surface area contributed by atoms with E-state index in [1.54, 1.807) is 18.7 Å². The second-order valence-corrected chi connectivity index (χ2v) is 7.60. The van der Waals surface area contributed by atoms with Gasteiger partial charge in [0.1, 0.15) is 5.82 Å². The molecule has 1 heterocycles. The first-order valence-corrected chi connectivity index (χ1v) is 9.47. The number of nitrogens with zero attached hydrogens (tertiary/aromatic N) is 3. The third-order valence-electron chi connectivity index (χ3n) is 6.02. The van der Waals surface area contributed by atoms with Gasteiger partial charge in [-0.2, -0.15) is 5.10 Å². The van der Waals surface area contributed by atoms with Crippen LogP contribution >= 0.6 is 0 Å². The number of rotatable bonds is 3. The topological polar surface area (TPSA) is 59.8 Å². The van der Waals surface area contributed by atoms with E-state index in [0.717, 1.165) is 6.42 Å². The maximum Gasteiger partial charge on any atom is 0.288 e. The number of hydrogen-bond acceptors (Lipinski definition) is 3. The highest BCUT2D eigenvalue weighted by atomic mass is 16.2. The van der Waals surface area contributed by atoms with Crippen LogP contribution in [0.5, 0.6) is 0 Å². The van der Waals surface area contributed by atoms with Gasteiger partial charge in [0.15, 0.2) is 0 Å². The van der Waals surface area contributed by atoms with Gasteiger partial charge in [0.05, 0.1) is 0 Å². The molecule has 1 amide bonds. The second kappa shape index (κ2) is 6.05. The number of nitrogens with one attached hydrogen (secondary N) is 1. The van der Waals surface area contributed by atoms with Crippen LogP contribution in [0.25, 0.3) is 0 Å². The van der Waals surface area contributed by atoms with Crippen molar-refractivity contribution in [1.82, 2.24) is 20.1 Å². The molecule has 5 heteroatoms. The highest BCUT2D eigenvalue weighted by molar-refractivity contribution is 5.90. The van der Waals surface area contributed by atoms with E-state index in [4.69, 9.17) is 0 Å². The predicted octanol–water partition coefficient (Wildman–Crippen LogP) is 3.15. The van der Waals surface area contributed by atoms with Gasteiger partial charge in [-0.25, -0.2) is 9.67 Å². The Morgan fingerprint density at radius 3 is 2.22 bits per heavy atom. The fraction of sp³-hybridized carbons (Fsp3) is 0.318. The van der Waals surface area contributed by atoms with E-state index in [-0.39, 0.29) is 5.91 Å². The minimum absolute atomic E-state index is 0.152. The van der Waals surface area contributed by atoms with E-state index >= 15 is 0 Å². The molecule has 6 rings (SSSR count). The molecule has 0 saturated heterocycles. The molecule has 1 unspecified atom stereocenters. The van der Waals surface area contributed by atoms with E-state index in [1.165, 1.54) is 22.3 Å². The molecule has 0 radical (unpaired) electrons. The van der Waals surface area contributed by atoms with Gasteiger partial charge >= 0.3 is 0 Å². The fourth-order valence-electron chi connectivity index (χ4n) is 4.97. The molecule has 136 valence electrons. The third-order valence-corrected chi connectivity index (χ3v) is 6.02. The van der Waals surface area contributed by atoms with Gasteiger partial charge in [0.2, 0.25) is 5.82 Å². The lowest BCUT2D eigenvalue weighted by atomic mass is 9.59. The Balaban J connectivity index is 1.44. The number of carbonyl (C=O) groups is 1. The lowest BCUT2D eigenvalue weighted by Crippen LogP contribution is -2.39. The van der Waals surface area contributed by atoms with Gasteiger partial charge in [-0.15, -0.1) is 0 Å². The highest BCUT2D eigenvalue weighted by Gasteiger charge is 2.42. The molecule has 27 heavy (non-hydrogen) atoms. The van der Waals surface area contributed by atoms with Crippen molar-refractivity contribution in [2.75, 3.05) is 6.54 Å². The lowest BCUT2D eigenvalue weighted by molar-refractivity contribution is 0.0928. The Morgan fingerprint density at radius 2 is 1.67 bits per heavy atom. The van der Waals surface area contributed by atoms with Gasteiger partial charge < -0.3 is 5.32 Å². The molecule has 0 saturated carbocycles. The van der Waals surface area contributed by atoms with Crippen molar-refractivity contribution in [2.24, 2.45) is 13.0 Å². The van der Waals surface area contributed by atoms with Crippen molar-refractivity contribution in [3.05, 3.63) is 82.4 Å². The molecule has 2 bridgehead atoms. The number of aryl methyl sites for hydroxylation is 2. The molecule has 3 aromatic rings. The summed E-state index contributed by atoms with van der Waals surface area (Å²) in [6, 6.07) is 17.6. The van der Waals surface area contributed by atoms with Crippen molar-refractivity contribution >= 4 is 5.91 Å². The van der Waals surface area contributed by atoms with Crippen molar-refractivity contribution in [3.8, 4) is 0 Å². The van der Waals surface area contributed by atoms with Crippen LogP contribution in [0.4, 0.5) is 0 Å². The third kappa shape index (κ3) is 2.49. The van der Waals surface area contributed by atoms with E-state index in [2.05, 4.69) is 63.9 Å². The summed E-state index contributed by atoms with van der Waals surface area (Å²) < 4.78 is 1.54. The molecule has 5 nitrogen and oxygen atoms in total. The molecule has 0 aliphatic heterocycles. The van der Waals surface area contributed by atoms with Crippen molar-refractivity contribution in [1.29, 1.82) is 0 Å². The fourth-order valence-corrected chi connectivity index (χ4v) is 4.97. The summed E-state index contributed by atoms with van der Waals surface area (Å²) in [7, 11) is 1.75. The molecule has 1 N–H and O–H groups in total. The zero-order valence-electron chi connectivity index (χ0n) is 15.5. The Kier molecular flexibility index (Phi) is 3.64. The summed E-state index contributed by atoms with van der Waals surface area (Å²) in [5.41, 5.74) is 5.74. The molecule has 1 aromatic heterocycles. The molecule has 2 aromatic carbocycles. The van der Waals surface area contributed by atoms with Crippen molar-refractivity contribution in [3.63, 3.8) is 0 Å². The first kappa shape index (κ1) is 16.2. The Hall–Kier alpha value is -2.95. The van der Waals surface area contributed by atoms with Crippen LogP contribution in [-0.4, -0.2) is 27.2 Å². The number of aromatic nitrogens is 3. The molecular weight excluding hydrogens is 336 g/mol. The summed E-state index contributed by atoms with van der Waals surface area (Å²) in [6.45, 7) is 2.44. The smallest absolute Gasteiger partial charge is 0.288 e. The van der Waals surface area contributed by atoms with E-state index in [0.29, 0.717) is 35.9 Å². The lowest BCUT2D eigenvalue weighted by Gasteiger charge is -2.45. The zero-order valence-corrected chi connectivity index (χ0v) is 15.5. The van der Waals surface area contributed by atoms with E-state index < -0.39 is 0 Å². The number of hydrogen-bond donors (Lipinski definition) is 1. The van der Waals surface area contributed by atoms with Gasteiger partial charge in [-0.1, -0.05) is 48.5 Å². The summed E-state index contributed by atoms with van der Waals surface area (Å²) in [5.74, 6) is 1.97. The summed E-state index contributed by atoms with van der Waals surface area (Å²) >= 11 is 0. The van der Waals surface area contributed by atoms with Crippen LogP contribution in [-0.2, 0) is 7.05 Å². The average molecular weight is 358 g/mol. The number of benzene rings is 2. The monoisotopic (exact) mass is 358 g/mol. The zero-order chi connectivity index (χ0) is 18.5. The van der Waals surface area contributed by atoms with Crippen LogP contribution in [0.3, 0.4) is 0 Å². The molecule has 0 fully saturated rings. The van der Waals surface area contributed by atoms with Gasteiger partial charge in [0.25, 0.3) is 5.91 Å². The standard InChI is InChI=1S/C22H22N4O/c1-13-24-21(26(2)25-13)22(27)23-12-14-11-19-15-7-3-5-9-17(15)20(14)18-10-6-4-8-16(18)19/h3-10,14,19-20H,11-12H2,1-2H3,(H,23,27). The van der Waals surface area contributed by atoms with E-state index in [9.17, 15) is 4.79 Å². The maximum atomic E-state index is 12.6. The summed E-state index contributed by atoms with van der Waals surface area (Å²) in [5, 5.41) is 7.28. The molecular formula is C22H22N4O. The van der Waals surface area contributed by atoms with Crippen LogP contribution in [0.2, 0.25) is 0 Å². The number of fused-ring (bicyclic) bond motifs is 1. The van der Waals surface area contributed by atoms with E-state index in [1.807, 2.05) is 0 Å². The first-order chi connectivity index (χ1) is 13.1. The van der Waals surface area contributed by atoms with Gasteiger partial charge in [0, 0.05) is 25.4 Å². The van der Waals surface area contributed by atoms with Crippen LogP contribution < -0.4 is 5.32 Å². The van der Waals surface area contributed by atoms with Crippen LogP contribution in [0.1, 0.15) is 57.0 Å². The number of amides is 1. The summed E-state index contributed by atoms with van der Waals surface area (Å²) in [6.07, 6.45) is 1.07. The average Bonchev–Trinajstić information content (AvgIpc) is 3.04. The Morgan fingerprint density at radius 1 is 1.07 bits per heavy atom. The number of carbonyl (C=O) groups excluding carboxylic acids is 1. The van der Waals surface area contributed by atoms with Gasteiger partial charge in [-0.05, 0) is 41.5 Å². The minimum Gasteiger partial charge on any atom is -0.349 e. The largest absolute Gasteiger partial charge is 0.349 e. The highest BCUT2D eigenvalue weighted by Crippen LogP contribution is 2.55. The second-order valence-electron chi connectivity index (χ2n) is 7.60. The molecule has 0 spiro atoms. The van der Waals surface area contributed by atoms with Crippen molar-refractivity contribution in [2.45, 2.75) is 25.2 Å². The normalized spacial score (nSPS) is 22.2. The van der Waals surface area contributed by atoms with Crippen LogP contribution in [0, 0.1) is 12.8 Å². The van der Waals surface area contributed by atoms with Crippen molar-refractivity contribution < 1.29 is 4.79 Å².